The second kappa shape index (κ2) is 7.82. The van der Waals surface area contributed by atoms with Crippen LogP contribution < -0.4 is 4.90 Å². The van der Waals surface area contributed by atoms with Gasteiger partial charge in [-0.2, -0.15) is 0 Å². The standard InChI is InChI=1S/C23H15ClN4OS/c24-21-9-8-16-7-6-15(11-19(16)27-21)13-28(23(29)17-3-2-10-25-12-17)20-5-1-4-18-22(20)30-14-26-18/h1-12,14H,13H2. The Morgan fingerprint density at radius 3 is 2.80 bits per heavy atom. The molecule has 3 aromatic heterocycles. The average molecular weight is 431 g/mol. The lowest BCUT2D eigenvalue weighted by molar-refractivity contribution is 0.0985. The summed E-state index contributed by atoms with van der Waals surface area (Å²) in [7, 11) is 0. The zero-order valence-corrected chi connectivity index (χ0v) is 17.3. The van der Waals surface area contributed by atoms with Gasteiger partial charge in [0.25, 0.3) is 5.91 Å². The summed E-state index contributed by atoms with van der Waals surface area (Å²) >= 11 is 7.59. The third kappa shape index (κ3) is 3.51. The fraction of sp³-hybridized carbons (Fsp3) is 0.0435. The maximum absolute atomic E-state index is 13.5. The molecule has 5 rings (SSSR count). The van der Waals surface area contributed by atoms with E-state index >= 15 is 0 Å². The molecule has 7 heteroatoms. The van der Waals surface area contributed by atoms with E-state index in [2.05, 4.69) is 15.0 Å². The summed E-state index contributed by atoms with van der Waals surface area (Å²) in [6.07, 6.45) is 3.24. The fourth-order valence-corrected chi connectivity index (χ4v) is 4.38. The number of pyridine rings is 2. The van der Waals surface area contributed by atoms with Gasteiger partial charge in [0.15, 0.2) is 0 Å². The van der Waals surface area contributed by atoms with Crippen molar-refractivity contribution in [1.82, 2.24) is 15.0 Å². The van der Waals surface area contributed by atoms with Crippen LogP contribution in [-0.2, 0) is 6.54 Å². The number of fused-ring (bicyclic) bond motifs is 2. The lowest BCUT2D eigenvalue weighted by Gasteiger charge is -2.23. The molecule has 5 aromatic rings. The third-order valence-corrected chi connectivity index (χ3v) is 5.92. The third-order valence-electron chi connectivity index (χ3n) is 4.84. The van der Waals surface area contributed by atoms with Crippen LogP contribution in [0.4, 0.5) is 5.69 Å². The van der Waals surface area contributed by atoms with E-state index in [0.717, 1.165) is 32.4 Å². The van der Waals surface area contributed by atoms with Gasteiger partial charge in [0.1, 0.15) is 5.15 Å². The van der Waals surface area contributed by atoms with Crippen LogP contribution in [0, 0.1) is 0 Å². The van der Waals surface area contributed by atoms with Crippen molar-refractivity contribution in [3.63, 3.8) is 0 Å². The quantitative estimate of drug-likeness (QED) is 0.341. The van der Waals surface area contributed by atoms with E-state index in [0.29, 0.717) is 17.3 Å². The molecule has 0 saturated heterocycles. The summed E-state index contributed by atoms with van der Waals surface area (Å²) < 4.78 is 0.969. The van der Waals surface area contributed by atoms with Gasteiger partial charge in [-0.3, -0.25) is 9.78 Å². The zero-order chi connectivity index (χ0) is 20.5. The minimum atomic E-state index is -0.122. The van der Waals surface area contributed by atoms with E-state index in [1.807, 2.05) is 42.5 Å². The highest BCUT2D eigenvalue weighted by Gasteiger charge is 2.21. The highest BCUT2D eigenvalue weighted by Crippen LogP contribution is 2.32. The molecule has 0 unspecified atom stereocenters. The molecule has 0 atom stereocenters. The molecule has 0 fully saturated rings. The Balaban J connectivity index is 1.61. The Labute approximate surface area is 181 Å². The number of aromatic nitrogens is 3. The van der Waals surface area contributed by atoms with Crippen molar-refractivity contribution in [2.24, 2.45) is 0 Å². The smallest absolute Gasteiger partial charge is 0.260 e. The van der Waals surface area contributed by atoms with Crippen LogP contribution in [0.2, 0.25) is 5.15 Å². The molecular formula is C23H15ClN4OS. The largest absolute Gasteiger partial charge is 0.302 e. The maximum Gasteiger partial charge on any atom is 0.260 e. The van der Waals surface area contributed by atoms with Crippen molar-refractivity contribution in [2.45, 2.75) is 6.54 Å². The summed E-state index contributed by atoms with van der Waals surface area (Å²) in [6.45, 7) is 0.384. The van der Waals surface area contributed by atoms with Crippen molar-refractivity contribution in [2.75, 3.05) is 4.90 Å². The molecule has 0 aliphatic heterocycles. The summed E-state index contributed by atoms with van der Waals surface area (Å²) in [5.41, 5.74) is 5.77. The van der Waals surface area contributed by atoms with Gasteiger partial charge in [0.2, 0.25) is 0 Å². The Kier molecular flexibility index (Phi) is 4.86. The van der Waals surface area contributed by atoms with Crippen LogP contribution in [-0.4, -0.2) is 20.9 Å². The number of anilines is 1. The van der Waals surface area contributed by atoms with E-state index < -0.39 is 0 Å². The van der Waals surface area contributed by atoms with Gasteiger partial charge < -0.3 is 4.90 Å². The normalized spacial score (nSPS) is 11.1. The number of carbonyl (C=O) groups is 1. The lowest BCUT2D eigenvalue weighted by atomic mass is 10.1. The molecule has 0 N–H and O–H groups in total. The number of thiazole rings is 1. The van der Waals surface area contributed by atoms with E-state index in [-0.39, 0.29) is 5.91 Å². The number of amides is 1. The number of hydrogen-bond acceptors (Lipinski definition) is 5. The fourth-order valence-electron chi connectivity index (χ4n) is 3.41. The predicted octanol–water partition coefficient (Wildman–Crippen LogP) is 5.74. The van der Waals surface area contributed by atoms with Gasteiger partial charge in [0.05, 0.1) is 39.0 Å². The van der Waals surface area contributed by atoms with E-state index in [9.17, 15) is 4.79 Å². The summed E-state index contributed by atoms with van der Waals surface area (Å²) in [4.78, 5) is 28.1. The molecular weight excluding hydrogens is 416 g/mol. The molecule has 0 aliphatic rings. The second-order valence-electron chi connectivity index (χ2n) is 6.77. The molecule has 3 heterocycles. The number of hydrogen-bond donors (Lipinski definition) is 0. The molecule has 30 heavy (non-hydrogen) atoms. The van der Waals surface area contributed by atoms with Crippen LogP contribution in [0.1, 0.15) is 15.9 Å². The molecule has 0 bridgehead atoms. The van der Waals surface area contributed by atoms with Gasteiger partial charge in [0, 0.05) is 17.8 Å². The lowest BCUT2D eigenvalue weighted by Crippen LogP contribution is -2.30. The molecule has 2 aromatic carbocycles. The van der Waals surface area contributed by atoms with Crippen LogP contribution in [0.25, 0.3) is 21.1 Å². The Bertz CT molecular complexity index is 1370. The summed E-state index contributed by atoms with van der Waals surface area (Å²) in [6, 6.07) is 19.0. The summed E-state index contributed by atoms with van der Waals surface area (Å²) in [5, 5.41) is 1.44. The maximum atomic E-state index is 13.5. The van der Waals surface area contributed by atoms with Crippen molar-refractivity contribution in [3.05, 3.63) is 94.8 Å². The van der Waals surface area contributed by atoms with Gasteiger partial charge in [-0.1, -0.05) is 29.8 Å². The first-order valence-electron chi connectivity index (χ1n) is 9.28. The van der Waals surface area contributed by atoms with E-state index in [1.54, 1.807) is 41.0 Å². The first-order valence-corrected chi connectivity index (χ1v) is 10.5. The van der Waals surface area contributed by atoms with Crippen LogP contribution in [0.5, 0.6) is 0 Å². The van der Waals surface area contributed by atoms with E-state index in [1.165, 1.54) is 11.3 Å². The first kappa shape index (κ1) is 18.7. The molecule has 146 valence electrons. The highest BCUT2D eigenvalue weighted by atomic mass is 35.5. The number of benzene rings is 2. The molecule has 0 spiro atoms. The minimum Gasteiger partial charge on any atom is -0.302 e. The number of halogens is 1. The first-order chi connectivity index (χ1) is 14.7. The molecule has 0 saturated carbocycles. The molecule has 0 aliphatic carbocycles. The topological polar surface area (TPSA) is 59.0 Å². The van der Waals surface area contributed by atoms with Crippen LogP contribution in [0.15, 0.2) is 78.6 Å². The van der Waals surface area contributed by atoms with Gasteiger partial charge in [-0.05, 0) is 48.0 Å². The van der Waals surface area contributed by atoms with Crippen LogP contribution >= 0.6 is 22.9 Å². The molecule has 5 nitrogen and oxygen atoms in total. The second-order valence-corrected chi connectivity index (χ2v) is 8.01. The SMILES string of the molecule is O=C(c1cccnc1)N(Cc1ccc2ccc(Cl)nc2c1)c1cccc2ncsc12. The van der Waals surface area contributed by atoms with Crippen LogP contribution in [0.3, 0.4) is 0 Å². The van der Waals surface area contributed by atoms with Crippen molar-refractivity contribution in [3.8, 4) is 0 Å². The average Bonchev–Trinajstić information content (AvgIpc) is 3.26. The van der Waals surface area contributed by atoms with Crippen molar-refractivity contribution in [1.29, 1.82) is 0 Å². The number of rotatable bonds is 4. The Morgan fingerprint density at radius 2 is 1.93 bits per heavy atom. The monoisotopic (exact) mass is 430 g/mol. The number of carbonyl (C=O) groups excluding carboxylic acids is 1. The van der Waals surface area contributed by atoms with Gasteiger partial charge >= 0.3 is 0 Å². The Hall–Kier alpha value is -3.35. The van der Waals surface area contributed by atoms with Gasteiger partial charge in [-0.15, -0.1) is 11.3 Å². The zero-order valence-electron chi connectivity index (χ0n) is 15.7. The molecule has 1 amide bonds. The van der Waals surface area contributed by atoms with Crippen molar-refractivity contribution < 1.29 is 4.79 Å². The van der Waals surface area contributed by atoms with E-state index in [4.69, 9.17) is 11.6 Å². The van der Waals surface area contributed by atoms with Crippen molar-refractivity contribution >= 4 is 55.7 Å². The minimum absolute atomic E-state index is 0.122. The molecule has 0 radical (unpaired) electrons. The Morgan fingerprint density at radius 1 is 1.03 bits per heavy atom. The highest BCUT2D eigenvalue weighted by molar-refractivity contribution is 7.17. The summed E-state index contributed by atoms with van der Waals surface area (Å²) in [5.74, 6) is -0.122. The number of nitrogens with zero attached hydrogens (tertiary/aromatic N) is 4. The predicted molar refractivity (Wildman–Crippen MR) is 121 cm³/mol. The van der Waals surface area contributed by atoms with Gasteiger partial charge in [-0.25, -0.2) is 9.97 Å².